The van der Waals surface area contributed by atoms with Crippen molar-refractivity contribution in [1.82, 2.24) is 0 Å². The molecule has 2 N–H and O–H groups in total. The largest absolute Gasteiger partial charge is 0.497 e. The molecule has 142 valence electrons. The normalized spacial score (nSPS) is 28.6. The van der Waals surface area contributed by atoms with Crippen molar-refractivity contribution in [2.45, 2.75) is 57.8 Å². The third kappa shape index (κ3) is 4.03. The molecule has 1 aromatic rings. The van der Waals surface area contributed by atoms with Crippen LogP contribution < -0.4 is 4.74 Å². The summed E-state index contributed by atoms with van der Waals surface area (Å²) in [6.45, 7) is 4.73. The van der Waals surface area contributed by atoms with E-state index in [2.05, 4.69) is 13.0 Å². The second-order valence-electron chi connectivity index (χ2n) is 7.72. The lowest BCUT2D eigenvalue weighted by Gasteiger charge is -2.23. The summed E-state index contributed by atoms with van der Waals surface area (Å²) in [5.74, 6) is 0.814. The van der Waals surface area contributed by atoms with Crippen molar-refractivity contribution in [1.29, 1.82) is 0 Å². The summed E-state index contributed by atoms with van der Waals surface area (Å²) < 4.78 is 11.4. The van der Waals surface area contributed by atoms with Gasteiger partial charge in [0.1, 0.15) is 5.75 Å². The third-order valence-corrected chi connectivity index (χ3v) is 5.71. The monoisotopic (exact) mass is 358 g/mol. The molecule has 0 aliphatic heterocycles. The van der Waals surface area contributed by atoms with Gasteiger partial charge in [-0.25, -0.2) is 0 Å². The maximum atomic E-state index is 11.0. The van der Waals surface area contributed by atoms with E-state index in [0.29, 0.717) is 19.4 Å². The Balaban J connectivity index is 1.77. The number of aliphatic hydroxyl groups excluding tert-OH is 1. The second kappa shape index (κ2) is 7.95. The van der Waals surface area contributed by atoms with E-state index in [0.717, 1.165) is 24.2 Å². The first-order valence-corrected chi connectivity index (χ1v) is 9.41. The van der Waals surface area contributed by atoms with Crippen molar-refractivity contribution >= 4 is 0 Å². The Hall–Kier alpha value is -1.62. The minimum atomic E-state index is -0.813. The fourth-order valence-corrected chi connectivity index (χ4v) is 4.19. The molecular weight excluding hydrogens is 328 g/mol. The van der Waals surface area contributed by atoms with Gasteiger partial charge in [-0.05, 0) is 56.4 Å². The Morgan fingerprint density at radius 1 is 1.19 bits per heavy atom. The predicted molar refractivity (Wildman–Crippen MR) is 102 cm³/mol. The summed E-state index contributed by atoms with van der Waals surface area (Å²) in [4.78, 5) is 0. The minimum absolute atomic E-state index is 0.0209. The molecule has 0 bridgehead atoms. The highest BCUT2D eigenvalue weighted by molar-refractivity contribution is 5.36. The van der Waals surface area contributed by atoms with Crippen molar-refractivity contribution in [3.8, 4) is 5.75 Å². The highest BCUT2D eigenvalue weighted by atomic mass is 16.5. The molecule has 0 aromatic heterocycles. The van der Waals surface area contributed by atoms with Crippen LogP contribution in [-0.2, 0) is 11.3 Å². The highest BCUT2D eigenvalue weighted by Crippen LogP contribution is 2.47. The van der Waals surface area contributed by atoms with E-state index in [1.54, 1.807) is 7.11 Å². The van der Waals surface area contributed by atoms with Gasteiger partial charge >= 0.3 is 0 Å². The number of hydrogen-bond acceptors (Lipinski definition) is 4. The van der Waals surface area contributed by atoms with Gasteiger partial charge in [0.05, 0.1) is 25.4 Å². The number of ether oxygens (including phenoxy) is 2. The first-order chi connectivity index (χ1) is 12.4. The molecule has 0 spiro atoms. The van der Waals surface area contributed by atoms with Gasteiger partial charge < -0.3 is 19.7 Å². The fraction of sp³-hybridized carbons (Fsp3) is 0.545. The van der Waals surface area contributed by atoms with Gasteiger partial charge in [0.15, 0.2) is 0 Å². The molecular formula is C22H30O4. The van der Waals surface area contributed by atoms with Crippen LogP contribution in [0.5, 0.6) is 5.75 Å². The molecule has 2 aliphatic carbocycles. The molecule has 1 fully saturated rings. The number of methoxy groups -OCH3 is 1. The number of benzene rings is 1. The van der Waals surface area contributed by atoms with Gasteiger partial charge in [-0.1, -0.05) is 29.4 Å². The molecule has 3 atom stereocenters. The van der Waals surface area contributed by atoms with Crippen LogP contribution >= 0.6 is 0 Å². The molecule has 4 heteroatoms. The average Bonchev–Trinajstić information content (AvgIpc) is 2.76. The number of aliphatic hydroxyl groups is 2. The van der Waals surface area contributed by atoms with E-state index >= 15 is 0 Å². The van der Waals surface area contributed by atoms with Gasteiger partial charge in [-0.2, -0.15) is 0 Å². The van der Waals surface area contributed by atoms with Crippen LogP contribution in [-0.4, -0.2) is 35.6 Å². The highest BCUT2D eigenvalue weighted by Gasteiger charge is 2.47. The number of allylic oxidation sites excluding steroid dienone is 1. The first-order valence-electron chi connectivity index (χ1n) is 9.41. The quantitative estimate of drug-likeness (QED) is 0.760. The zero-order chi connectivity index (χ0) is 18.7. The molecule has 4 nitrogen and oxygen atoms in total. The predicted octanol–water partition coefficient (Wildman–Crippen LogP) is 3.77. The third-order valence-electron chi connectivity index (χ3n) is 5.71. The van der Waals surface area contributed by atoms with Crippen LogP contribution in [0, 0.1) is 5.92 Å². The molecule has 0 heterocycles. The van der Waals surface area contributed by atoms with Gasteiger partial charge in [0.25, 0.3) is 0 Å². The smallest absolute Gasteiger partial charge is 0.118 e. The van der Waals surface area contributed by atoms with Crippen molar-refractivity contribution in [3.63, 3.8) is 0 Å². The molecule has 0 saturated heterocycles. The van der Waals surface area contributed by atoms with E-state index < -0.39 is 5.60 Å². The lowest BCUT2D eigenvalue weighted by molar-refractivity contribution is 0.00608. The number of fused-ring (bicyclic) bond motifs is 1. The molecule has 1 saturated carbocycles. The summed E-state index contributed by atoms with van der Waals surface area (Å²) in [6, 6.07) is 7.90. The van der Waals surface area contributed by atoms with Gasteiger partial charge in [0.2, 0.25) is 0 Å². The van der Waals surface area contributed by atoms with Crippen LogP contribution in [0.4, 0.5) is 0 Å². The SMILES string of the molecule is COc1ccc(CO[C@@H]2C[C@](C)(O)[C@@H]3C=C(CCO)CCC(C)=C32)cc1. The Morgan fingerprint density at radius 3 is 2.58 bits per heavy atom. The molecule has 3 rings (SSSR count). The molecule has 0 radical (unpaired) electrons. The molecule has 26 heavy (non-hydrogen) atoms. The van der Waals surface area contributed by atoms with E-state index in [1.807, 2.05) is 31.2 Å². The van der Waals surface area contributed by atoms with Crippen LogP contribution in [0.2, 0.25) is 0 Å². The lowest BCUT2D eigenvalue weighted by atomic mass is 9.88. The summed E-state index contributed by atoms with van der Waals surface area (Å²) in [5, 5.41) is 20.3. The summed E-state index contributed by atoms with van der Waals surface area (Å²) in [7, 11) is 1.66. The van der Waals surface area contributed by atoms with E-state index in [9.17, 15) is 10.2 Å². The van der Waals surface area contributed by atoms with E-state index in [1.165, 1.54) is 16.7 Å². The van der Waals surface area contributed by atoms with Crippen LogP contribution in [0.25, 0.3) is 0 Å². The minimum Gasteiger partial charge on any atom is -0.497 e. The summed E-state index contributed by atoms with van der Waals surface area (Å²) >= 11 is 0. The standard InChI is InChI=1S/C22H30O4/c1-15-4-5-16(10-11-23)12-19-21(15)20(13-22(19,2)24)26-14-17-6-8-18(25-3)9-7-17/h6-9,12,19-20,23-24H,4-5,10-11,13-14H2,1-3H3/t19-,20-,22+/m1/s1. The summed E-state index contributed by atoms with van der Waals surface area (Å²) in [5.41, 5.74) is 4.07. The van der Waals surface area contributed by atoms with Crippen LogP contribution in [0.3, 0.4) is 0 Å². The zero-order valence-corrected chi connectivity index (χ0v) is 16.0. The lowest BCUT2D eigenvalue weighted by Crippen LogP contribution is -2.28. The van der Waals surface area contributed by atoms with Crippen LogP contribution in [0.1, 0.15) is 45.1 Å². The zero-order valence-electron chi connectivity index (χ0n) is 16.0. The Bertz CT molecular complexity index is 685. The molecule has 2 aliphatic rings. The van der Waals surface area contributed by atoms with Crippen molar-refractivity contribution in [3.05, 3.63) is 52.6 Å². The van der Waals surface area contributed by atoms with Gasteiger partial charge in [-0.3, -0.25) is 0 Å². The van der Waals surface area contributed by atoms with Crippen molar-refractivity contribution in [2.75, 3.05) is 13.7 Å². The van der Waals surface area contributed by atoms with E-state index in [4.69, 9.17) is 9.47 Å². The second-order valence-corrected chi connectivity index (χ2v) is 7.72. The van der Waals surface area contributed by atoms with Gasteiger partial charge in [-0.15, -0.1) is 0 Å². The van der Waals surface area contributed by atoms with Crippen molar-refractivity contribution in [2.24, 2.45) is 5.92 Å². The Kier molecular flexibility index (Phi) is 5.86. The first kappa shape index (κ1) is 19.2. The average molecular weight is 358 g/mol. The Morgan fingerprint density at radius 2 is 1.92 bits per heavy atom. The number of rotatable bonds is 6. The van der Waals surface area contributed by atoms with Crippen molar-refractivity contribution < 1.29 is 19.7 Å². The van der Waals surface area contributed by atoms with Gasteiger partial charge in [0, 0.05) is 18.9 Å². The summed E-state index contributed by atoms with van der Waals surface area (Å²) in [6.07, 6.45) is 5.32. The van der Waals surface area contributed by atoms with Crippen LogP contribution in [0.15, 0.2) is 47.1 Å². The maximum Gasteiger partial charge on any atom is 0.118 e. The molecule has 0 amide bonds. The fourth-order valence-electron chi connectivity index (χ4n) is 4.19. The molecule has 0 unspecified atom stereocenters. The maximum absolute atomic E-state index is 11.0. The number of hydrogen-bond donors (Lipinski definition) is 2. The Labute approximate surface area is 156 Å². The topological polar surface area (TPSA) is 58.9 Å². The molecule has 1 aromatic carbocycles. The van der Waals surface area contributed by atoms with E-state index in [-0.39, 0.29) is 18.6 Å².